The number of hydrogen-bond donors (Lipinski definition) is 2. The fourth-order valence-electron chi connectivity index (χ4n) is 2.19. The van der Waals surface area contributed by atoms with Crippen LogP contribution < -0.4 is 11.6 Å². The molecule has 0 aromatic heterocycles. The van der Waals surface area contributed by atoms with Crippen molar-refractivity contribution >= 4 is 5.94 Å². The van der Waals surface area contributed by atoms with Crippen molar-refractivity contribution in [2.24, 2.45) is 5.41 Å². The molecular weight excluding hydrogens is 358 g/mol. The molecule has 0 heterocycles. The van der Waals surface area contributed by atoms with Crippen molar-refractivity contribution in [2.45, 2.75) is 59.8 Å². The van der Waals surface area contributed by atoms with E-state index in [2.05, 4.69) is 101 Å². The number of allylic oxidation sites excluding steroid dienone is 1. The summed E-state index contributed by atoms with van der Waals surface area (Å²) < 4.78 is 0. The molecule has 1 atom stereocenters. The molecule has 0 aliphatic heterocycles. The van der Waals surface area contributed by atoms with Crippen LogP contribution in [0.25, 0.3) is 0 Å². The lowest BCUT2D eigenvalue weighted by atomic mass is 9.96. The van der Waals surface area contributed by atoms with Crippen molar-refractivity contribution < 1.29 is 4.79 Å². The predicted octanol–water partition coefficient (Wildman–Crippen LogP) is 6.36. The van der Waals surface area contributed by atoms with E-state index in [9.17, 15) is 4.79 Å². The molecule has 4 nitrogen and oxygen atoms in total. The number of carbonyl (C=O) groups excluding carboxylic acids is 1. The molecule has 29 heavy (non-hydrogen) atoms. The lowest BCUT2D eigenvalue weighted by molar-refractivity contribution is 0.236. The Bertz CT molecular complexity index is 537. The van der Waals surface area contributed by atoms with Crippen molar-refractivity contribution in [1.29, 1.82) is 0 Å². The molecule has 0 aliphatic rings. The van der Waals surface area contributed by atoms with Crippen LogP contribution in [-0.4, -0.2) is 31.1 Å². The third kappa shape index (κ3) is 24.0. The highest BCUT2D eigenvalue weighted by Gasteiger charge is 2.03. The van der Waals surface area contributed by atoms with Crippen molar-refractivity contribution in [1.82, 2.24) is 16.6 Å². The van der Waals surface area contributed by atoms with E-state index < -0.39 is 0 Å². The van der Waals surface area contributed by atoms with E-state index in [0.29, 0.717) is 11.3 Å². The number of benzene rings is 1. The SMILES string of the molecule is C=C.CC(C)(C)C.CNN(C/C=C/CCC(C)c1ccccc1)CCC=C=O.N. The highest BCUT2D eigenvalue weighted by molar-refractivity contribution is 5.44. The Kier molecular flexibility index (Phi) is 22.7. The lowest BCUT2D eigenvalue weighted by Crippen LogP contribution is -2.35. The molecule has 0 bridgehead atoms. The molecule has 4 N–H and O–H groups in total. The summed E-state index contributed by atoms with van der Waals surface area (Å²) in [4.78, 5) is 10.1. The van der Waals surface area contributed by atoms with Gasteiger partial charge in [-0.05, 0) is 43.2 Å². The Morgan fingerprint density at radius 3 is 2.14 bits per heavy atom. The summed E-state index contributed by atoms with van der Waals surface area (Å²) in [6.45, 7) is 18.7. The zero-order valence-electron chi connectivity index (χ0n) is 19.7. The van der Waals surface area contributed by atoms with E-state index in [0.717, 1.165) is 32.4 Å². The van der Waals surface area contributed by atoms with Crippen LogP contribution in [0.15, 0.2) is 61.7 Å². The van der Waals surface area contributed by atoms with Gasteiger partial charge in [0, 0.05) is 19.2 Å². The third-order valence-electron chi connectivity index (χ3n) is 3.57. The van der Waals surface area contributed by atoms with Crippen LogP contribution in [-0.2, 0) is 4.79 Å². The minimum Gasteiger partial charge on any atom is -0.344 e. The Morgan fingerprint density at radius 1 is 1.10 bits per heavy atom. The molecular formula is C25H45N3O. The van der Waals surface area contributed by atoms with Gasteiger partial charge in [0.1, 0.15) is 5.94 Å². The molecule has 0 saturated heterocycles. The zero-order chi connectivity index (χ0) is 21.8. The quantitative estimate of drug-likeness (QED) is 0.271. The first kappa shape index (κ1) is 31.7. The smallest absolute Gasteiger partial charge is 0.120 e. The van der Waals surface area contributed by atoms with Crippen LogP contribution in [0.3, 0.4) is 0 Å². The molecule has 0 aliphatic carbocycles. The van der Waals surface area contributed by atoms with Crippen LogP contribution in [0.5, 0.6) is 0 Å². The first-order chi connectivity index (χ1) is 13.3. The molecule has 1 rings (SSSR count). The van der Waals surface area contributed by atoms with Gasteiger partial charge in [0.25, 0.3) is 0 Å². The van der Waals surface area contributed by atoms with Gasteiger partial charge < -0.3 is 6.15 Å². The van der Waals surface area contributed by atoms with Crippen molar-refractivity contribution in [3.8, 4) is 0 Å². The summed E-state index contributed by atoms with van der Waals surface area (Å²) in [5, 5.41) is 2.07. The molecule has 4 heteroatoms. The third-order valence-corrected chi connectivity index (χ3v) is 3.57. The van der Waals surface area contributed by atoms with Gasteiger partial charge in [-0.2, -0.15) is 0 Å². The molecule has 0 saturated carbocycles. The first-order valence-corrected chi connectivity index (χ1v) is 10.1. The van der Waals surface area contributed by atoms with Crippen molar-refractivity contribution in [3.63, 3.8) is 0 Å². The number of nitrogens with one attached hydrogen (secondary N) is 1. The molecule has 0 spiro atoms. The molecule has 1 aromatic carbocycles. The molecule has 166 valence electrons. The van der Waals surface area contributed by atoms with Crippen LogP contribution >= 0.6 is 0 Å². The maximum absolute atomic E-state index is 10.1. The summed E-state index contributed by atoms with van der Waals surface area (Å²) in [7, 11) is 1.90. The van der Waals surface area contributed by atoms with E-state index in [1.807, 2.05) is 7.05 Å². The highest BCUT2D eigenvalue weighted by Crippen LogP contribution is 2.20. The maximum atomic E-state index is 10.1. The lowest BCUT2D eigenvalue weighted by Gasteiger charge is -2.17. The predicted molar refractivity (Wildman–Crippen MR) is 130 cm³/mol. The average molecular weight is 404 g/mol. The van der Waals surface area contributed by atoms with Gasteiger partial charge in [0.15, 0.2) is 0 Å². The second kappa shape index (κ2) is 20.8. The van der Waals surface area contributed by atoms with E-state index >= 15 is 0 Å². The van der Waals surface area contributed by atoms with Gasteiger partial charge in [-0.1, -0.05) is 77.1 Å². The summed E-state index contributed by atoms with van der Waals surface area (Å²) in [6.07, 6.45) is 8.91. The summed E-state index contributed by atoms with van der Waals surface area (Å²) in [6, 6.07) is 10.6. The van der Waals surface area contributed by atoms with Gasteiger partial charge >= 0.3 is 0 Å². The van der Waals surface area contributed by atoms with Crippen molar-refractivity contribution in [2.75, 3.05) is 20.1 Å². The number of nitrogens with zero attached hydrogens (tertiary/aromatic N) is 1. The van der Waals surface area contributed by atoms with E-state index in [4.69, 9.17) is 0 Å². The summed E-state index contributed by atoms with van der Waals surface area (Å²) in [5.74, 6) is 2.40. The Morgan fingerprint density at radius 2 is 1.66 bits per heavy atom. The monoisotopic (exact) mass is 403 g/mol. The number of hydrazine groups is 1. The average Bonchev–Trinajstić information content (AvgIpc) is 2.67. The number of hydrogen-bond acceptors (Lipinski definition) is 4. The minimum absolute atomic E-state index is 0. The standard InChI is InChI=1S/C18H26N2O.C5H12.C2H4.H3N/c1-17(18-12-6-3-7-13-18)11-5-4-8-14-20(19-2)15-9-10-16-21;1-5(2,3)4;1-2;/h3-4,6-8,10,12-13,17,19H,5,9,11,14-15H2,1-2H3;1-4H3;1-2H2;1H3/b8-4+;;;. The van der Waals surface area contributed by atoms with E-state index in [1.54, 1.807) is 5.94 Å². The molecule has 0 amide bonds. The maximum Gasteiger partial charge on any atom is 0.120 e. The molecule has 1 aromatic rings. The fraction of sp³-hybridized carbons (Fsp3) is 0.520. The summed E-state index contributed by atoms with van der Waals surface area (Å²) >= 11 is 0. The second-order valence-electron chi connectivity index (χ2n) is 8.14. The highest BCUT2D eigenvalue weighted by atomic mass is 16.1. The van der Waals surface area contributed by atoms with Crippen molar-refractivity contribution in [3.05, 3.63) is 67.3 Å². The molecule has 0 fully saturated rings. The Hall–Kier alpha value is -1.97. The molecule has 1 unspecified atom stereocenters. The second-order valence-corrected chi connectivity index (χ2v) is 8.14. The van der Waals surface area contributed by atoms with Gasteiger partial charge in [0.2, 0.25) is 0 Å². The summed E-state index contributed by atoms with van der Waals surface area (Å²) in [5.41, 5.74) is 5.02. The topological polar surface area (TPSA) is 67.3 Å². The number of rotatable bonds is 10. The van der Waals surface area contributed by atoms with E-state index in [-0.39, 0.29) is 6.15 Å². The Labute approximate surface area is 180 Å². The fourth-order valence-corrected chi connectivity index (χ4v) is 2.19. The van der Waals surface area contributed by atoms with Crippen LogP contribution in [0.2, 0.25) is 0 Å². The molecule has 0 radical (unpaired) electrons. The zero-order valence-corrected chi connectivity index (χ0v) is 19.7. The normalized spacial score (nSPS) is 11.3. The van der Waals surface area contributed by atoms with Gasteiger partial charge in [-0.25, -0.2) is 9.80 Å². The van der Waals surface area contributed by atoms with Gasteiger partial charge in [0.05, 0.1) is 0 Å². The van der Waals surface area contributed by atoms with Crippen LogP contribution in [0.1, 0.15) is 65.4 Å². The van der Waals surface area contributed by atoms with E-state index in [1.165, 1.54) is 11.6 Å². The first-order valence-electron chi connectivity index (χ1n) is 10.1. The Balaban J connectivity index is -0.000000735. The minimum atomic E-state index is 0. The van der Waals surface area contributed by atoms with Gasteiger partial charge in [-0.3, -0.25) is 5.43 Å². The van der Waals surface area contributed by atoms with Crippen LogP contribution in [0, 0.1) is 5.41 Å². The van der Waals surface area contributed by atoms with Crippen LogP contribution in [0.4, 0.5) is 0 Å². The largest absolute Gasteiger partial charge is 0.344 e. The van der Waals surface area contributed by atoms with Gasteiger partial charge in [-0.15, -0.1) is 13.2 Å².